The van der Waals surface area contributed by atoms with Crippen molar-refractivity contribution >= 4 is 11.9 Å². The first kappa shape index (κ1) is 16.0. The number of carbonyl (C=O) groups excluding carboxylic acids is 2. The van der Waals surface area contributed by atoms with E-state index < -0.39 is 6.04 Å². The van der Waals surface area contributed by atoms with Gasteiger partial charge in [-0.3, -0.25) is 9.69 Å². The fourth-order valence-electron chi connectivity index (χ4n) is 2.80. The molecule has 2 fully saturated rings. The highest BCUT2D eigenvalue weighted by Gasteiger charge is 2.28. The number of nitrogens with zero attached hydrogens (tertiary/aromatic N) is 1. The van der Waals surface area contributed by atoms with Gasteiger partial charge in [-0.15, -0.1) is 0 Å². The molecule has 21 heavy (non-hydrogen) atoms. The second kappa shape index (κ2) is 7.61. The average Bonchev–Trinajstić information content (AvgIpc) is 2.90. The van der Waals surface area contributed by atoms with E-state index in [0.29, 0.717) is 25.0 Å². The van der Waals surface area contributed by atoms with Crippen LogP contribution < -0.4 is 16.0 Å². The number of amides is 3. The third-order valence-electron chi connectivity index (χ3n) is 3.91. The van der Waals surface area contributed by atoms with E-state index in [1.807, 2.05) is 0 Å². The Morgan fingerprint density at radius 3 is 2.71 bits per heavy atom. The molecule has 3 N–H and O–H groups in total. The minimum Gasteiger partial charge on any atom is -0.379 e. The molecule has 0 radical (unpaired) electrons. The molecule has 7 nitrogen and oxygen atoms in total. The van der Waals surface area contributed by atoms with E-state index in [4.69, 9.17) is 4.74 Å². The molecule has 0 spiro atoms. The van der Waals surface area contributed by atoms with Gasteiger partial charge in [0.25, 0.3) is 0 Å². The molecule has 2 atom stereocenters. The standard InChI is InChI=1S/C14H26N4O3/c1-10(2)7-11(18-3-5-21-6-4-18)8-15-13(19)12-9-16-14(20)17-12/h10-12H,3-9H2,1-2H3,(H,15,19)(H2,16,17,20)/t11-,12-/m0/s1. The Labute approximate surface area is 125 Å². The summed E-state index contributed by atoms with van der Waals surface area (Å²) < 4.78 is 5.39. The Morgan fingerprint density at radius 2 is 2.14 bits per heavy atom. The Kier molecular flexibility index (Phi) is 5.81. The maximum absolute atomic E-state index is 12.1. The molecule has 0 bridgehead atoms. The van der Waals surface area contributed by atoms with E-state index in [2.05, 4.69) is 34.7 Å². The maximum Gasteiger partial charge on any atom is 0.315 e. The van der Waals surface area contributed by atoms with Crippen LogP contribution in [0, 0.1) is 5.92 Å². The Morgan fingerprint density at radius 1 is 1.43 bits per heavy atom. The third-order valence-corrected chi connectivity index (χ3v) is 3.91. The number of hydrogen-bond donors (Lipinski definition) is 3. The molecule has 2 rings (SSSR count). The SMILES string of the molecule is CC(C)C[C@@H](CNC(=O)[C@@H]1CNC(=O)N1)N1CCOCC1. The van der Waals surface area contributed by atoms with Crippen molar-refractivity contribution in [1.82, 2.24) is 20.9 Å². The quantitative estimate of drug-likeness (QED) is 0.619. The average molecular weight is 298 g/mol. The van der Waals surface area contributed by atoms with Gasteiger partial charge < -0.3 is 20.7 Å². The normalized spacial score (nSPS) is 24.5. The van der Waals surface area contributed by atoms with Crippen LogP contribution in [0.4, 0.5) is 4.79 Å². The lowest BCUT2D eigenvalue weighted by Gasteiger charge is -2.35. The fourth-order valence-corrected chi connectivity index (χ4v) is 2.80. The molecule has 0 aliphatic carbocycles. The van der Waals surface area contributed by atoms with E-state index in [1.165, 1.54) is 0 Å². The summed E-state index contributed by atoms with van der Waals surface area (Å²) in [6, 6.07) is -0.410. The lowest BCUT2D eigenvalue weighted by molar-refractivity contribution is -0.122. The number of nitrogens with one attached hydrogen (secondary N) is 3. The second-order valence-electron chi connectivity index (χ2n) is 6.08. The Bertz CT molecular complexity index is 369. The summed E-state index contributed by atoms with van der Waals surface area (Å²) in [5.74, 6) is 0.456. The zero-order valence-corrected chi connectivity index (χ0v) is 12.9. The van der Waals surface area contributed by atoms with Crippen molar-refractivity contribution in [2.45, 2.75) is 32.4 Å². The minimum absolute atomic E-state index is 0.115. The number of morpholine rings is 1. The van der Waals surface area contributed by atoms with Crippen LogP contribution in [-0.4, -0.2) is 68.3 Å². The molecule has 2 heterocycles. The molecule has 2 aliphatic rings. The summed E-state index contributed by atoms with van der Waals surface area (Å²) in [6.45, 7) is 8.69. The Balaban J connectivity index is 1.82. The third kappa shape index (κ3) is 4.86. The number of rotatable bonds is 6. The molecule has 0 saturated carbocycles. The van der Waals surface area contributed by atoms with Gasteiger partial charge in [0.05, 0.1) is 13.2 Å². The topological polar surface area (TPSA) is 82.7 Å². The number of carbonyl (C=O) groups is 2. The number of urea groups is 1. The van der Waals surface area contributed by atoms with Gasteiger partial charge in [0.15, 0.2) is 0 Å². The molecule has 3 amide bonds. The maximum atomic E-state index is 12.1. The van der Waals surface area contributed by atoms with Crippen LogP contribution in [-0.2, 0) is 9.53 Å². The van der Waals surface area contributed by atoms with Crippen molar-refractivity contribution in [3.8, 4) is 0 Å². The zero-order chi connectivity index (χ0) is 15.2. The highest BCUT2D eigenvalue weighted by Crippen LogP contribution is 2.13. The van der Waals surface area contributed by atoms with E-state index in [9.17, 15) is 9.59 Å². The number of hydrogen-bond acceptors (Lipinski definition) is 4. The van der Waals surface area contributed by atoms with E-state index in [1.54, 1.807) is 0 Å². The molecule has 0 aromatic carbocycles. The van der Waals surface area contributed by atoms with Crippen molar-refractivity contribution in [3.63, 3.8) is 0 Å². The van der Waals surface area contributed by atoms with Crippen molar-refractivity contribution in [2.24, 2.45) is 5.92 Å². The fraction of sp³-hybridized carbons (Fsp3) is 0.857. The van der Waals surface area contributed by atoms with E-state index in [-0.39, 0.29) is 11.9 Å². The molecule has 2 saturated heterocycles. The van der Waals surface area contributed by atoms with E-state index >= 15 is 0 Å². The van der Waals surface area contributed by atoms with Crippen LogP contribution in [0.1, 0.15) is 20.3 Å². The lowest BCUT2D eigenvalue weighted by atomic mass is 10.0. The highest BCUT2D eigenvalue weighted by atomic mass is 16.5. The monoisotopic (exact) mass is 298 g/mol. The van der Waals surface area contributed by atoms with Crippen molar-refractivity contribution in [1.29, 1.82) is 0 Å². The molecular formula is C14H26N4O3. The minimum atomic E-state index is -0.457. The van der Waals surface area contributed by atoms with Crippen molar-refractivity contribution < 1.29 is 14.3 Å². The summed E-state index contributed by atoms with van der Waals surface area (Å²) in [4.78, 5) is 25.5. The molecule has 0 aromatic heterocycles. The van der Waals surface area contributed by atoms with Crippen LogP contribution >= 0.6 is 0 Å². The lowest BCUT2D eigenvalue weighted by Crippen LogP contribution is -2.51. The van der Waals surface area contributed by atoms with Crippen LogP contribution in [0.15, 0.2) is 0 Å². The van der Waals surface area contributed by atoms with Crippen molar-refractivity contribution in [3.05, 3.63) is 0 Å². The number of ether oxygens (including phenoxy) is 1. The van der Waals surface area contributed by atoms with Gasteiger partial charge in [0.2, 0.25) is 5.91 Å². The smallest absolute Gasteiger partial charge is 0.315 e. The molecule has 0 aromatic rings. The highest BCUT2D eigenvalue weighted by molar-refractivity contribution is 5.90. The first-order valence-corrected chi connectivity index (χ1v) is 7.70. The first-order valence-electron chi connectivity index (χ1n) is 7.70. The summed E-state index contributed by atoms with van der Waals surface area (Å²) >= 11 is 0. The van der Waals surface area contributed by atoms with Gasteiger partial charge in [-0.25, -0.2) is 4.79 Å². The molecule has 7 heteroatoms. The summed E-state index contributed by atoms with van der Waals surface area (Å²) in [6.07, 6.45) is 1.04. The van der Waals surface area contributed by atoms with Crippen LogP contribution in [0.3, 0.4) is 0 Å². The van der Waals surface area contributed by atoms with Crippen LogP contribution in [0.5, 0.6) is 0 Å². The van der Waals surface area contributed by atoms with Gasteiger partial charge in [-0.05, 0) is 12.3 Å². The van der Waals surface area contributed by atoms with Gasteiger partial charge in [-0.1, -0.05) is 13.8 Å². The van der Waals surface area contributed by atoms with Gasteiger partial charge in [0, 0.05) is 32.2 Å². The predicted molar refractivity (Wildman–Crippen MR) is 79.0 cm³/mol. The summed E-state index contributed by atoms with van der Waals surface area (Å²) in [5.41, 5.74) is 0. The molecule has 2 aliphatic heterocycles. The molecule has 0 unspecified atom stereocenters. The second-order valence-corrected chi connectivity index (χ2v) is 6.08. The molecule has 120 valence electrons. The van der Waals surface area contributed by atoms with Gasteiger partial charge >= 0.3 is 6.03 Å². The van der Waals surface area contributed by atoms with Gasteiger partial charge in [0.1, 0.15) is 6.04 Å². The van der Waals surface area contributed by atoms with E-state index in [0.717, 1.165) is 32.7 Å². The summed E-state index contributed by atoms with van der Waals surface area (Å²) in [5, 5.41) is 8.17. The zero-order valence-electron chi connectivity index (χ0n) is 12.9. The van der Waals surface area contributed by atoms with Crippen LogP contribution in [0.25, 0.3) is 0 Å². The van der Waals surface area contributed by atoms with Crippen LogP contribution in [0.2, 0.25) is 0 Å². The predicted octanol–water partition coefficient (Wildman–Crippen LogP) is -0.469. The molecular weight excluding hydrogens is 272 g/mol. The first-order chi connectivity index (χ1) is 10.1. The Hall–Kier alpha value is -1.34. The summed E-state index contributed by atoms with van der Waals surface area (Å²) in [7, 11) is 0. The largest absolute Gasteiger partial charge is 0.379 e. The van der Waals surface area contributed by atoms with Gasteiger partial charge in [-0.2, -0.15) is 0 Å². The van der Waals surface area contributed by atoms with Crippen molar-refractivity contribution in [2.75, 3.05) is 39.4 Å².